The normalized spacial score (nSPS) is 12.7. The van der Waals surface area contributed by atoms with Crippen LogP contribution in [0.2, 0.25) is 0 Å². The van der Waals surface area contributed by atoms with E-state index in [2.05, 4.69) is 44.5 Å². The Morgan fingerprint density at radius 1 is 1.09 bits per heavy atom. The number of hydrogen-bond donors (Lipinski definition) is 1. The minimum Gasteiger partial charge on any atom is -0.493 e. The number of benzene rings is 2. The Kier molecular flexibility index (Phi) is 6.90. The maximum atomic E-state index is 12.7. The molecule has 0 unspecified atom stereocenters. The van der Waals surface area contributed by atoms with Crippen LogP contribution >= 0.6 is 11.3 Å². The molecular formula is C27H26N4O3S. The van der Waals surface area contributed by atoms with Gasteiger partial charge in [-0.15, -0.1) is 11.3 Å². The predicted molar refractivity (Wildman–Crippen MR) is 136 cm³/mol. The number of thiazole rings is 1. The topological polar surface area (TPSA) is 76.6 Å². The number of carbonyl (C=O) groups is 1. The van der Waals surface area contributed by atoms with E-state index in [0.717, 1.165) is 36.6 Å². The Balaban J connectivity index is 1.17. The summed E-state index contributed by atoms with van der Waals surface area (Å²) in [4.78, 5) is 23.9. The third-order valence-electron chi connectivity index (χ3n) is 6.00. The monoisotopic (exact) mass is 486 g/mol. The maximum Gasteiger partial charge on any atom is 0.251 e. The highest BCUT2D eigenvalue weighted by atomic mass is 32.1. The van der Waals surface area contributed by atoms with E-state index in [0.29, 0.717) is 30.2 Å². The minimum absolute atomic E-state index is 0.189. The number of amides is 1. The number of anilines is 1. The van der Waals surface area contributed by atoms with Crippen molar-refractivity contribution in [3.05, 3.63) is 99.6 Å². The summed E-state index contributed by atoms with van der Waals surface area (Å²) in [6.07, 6.45) is 2.85. The Morgan fingerprint density at radius 2 is 1.97 bits per heavy atom. The van der Waals surface area contributed by atoms with Gasteiger partial charge in [-0.25, -0.2) is 9.97 Å². The van der Waals surface area contributed by atoms with Gasteiger partial charge in [-0.1, -0.05) is 30.3 Å². The van der Waals surface area contributed by atoms with E-state index in [1.54, 1.807) is 30.8 Å². The lowest BCUT2D eigenvalue weighted by molar-refractivity contribution is 0.0950. The predicted octanol–water partition coefficient (Wildman–Crippen LogP) is 4.62. The zero-order valence-electron chi connectivity index (χ0n) is 19.4. The molecule has 0 saturated carbocycles. The molecular weight excluding hydrogens is 460 g/mol. The van der Waals surface area contributed by atoms with Crippen LogP contribution < -0.4 is 19.7 Å². The number of nitrogens with one attached hydrogen (secondary N) is 1. The highest BCUT2D eigenvalue weighted by Gasteiger charge is 2.17. The van der Waals surface area contributed by atoms with Crippen molar-refractivity contribution < 1.29 is 14.3 Å². The average Bonchev–Trinajstić information content (AvgIpc) is 3.44. The first-order valence-electron chi connectivity index (χ1n) is 11.4. The van der Waals surface area contributed by atoms with Crippen LogP contribution in [0.4, 0.5) is 5.82 Å². The van der Waals surface area contributed by atoms with Crippen LogP contribution in [0.5, 0.6) is 11.5 Å². The highest BCUT2D eigenvalue weighted by Crippen LogP contribution is 2.29. The van der Waals surface area contributed by atoms with Crippen LogP contribution in [0.1, 0.15) is 32.7 Å². The van der Waals surface area contributed by atoms with Crippen molar-refractivity contribution in [1.29, 1.82) is 0 Å². The van der Waals surface area contributed by atoms with Crippen molar-refractivity contribution in [2.45, 2.75) is 26.1 Å². The molecule has 35 heavy (non-hydrogen) atoms. The molecule has 1 aliphatic heterocycles. The molecule has 0 radical (unpaired) electrons. The number of nitrogens with zero attached hydrogens (tertiary/aromatic N) is 3. The van der Waals surface area contributed by atoms with Gasteiger partial charge in [-0.05, 0) is 47.4 Å². The van der Waals surface area contributed by atoms with Crippen LogP contribution in [-0.2, 0) is 26.1 Å². The van der Waals surface area contributed by atoms with Gasteiger partial charge in [0.05, 0.1) is 18.3 Å². The number of aromatic nitrogens is 2. The molecule has 7 nitrogen and oxygen atoms in total. The SMILES string of the molecule is COc1cc(C(=O)NCc2ccc(N3CCc4ccccc4C3)nc2)ccc1OCc1cscn1. The van der Waals surface area contributed by atoms with Crippen molar-refractivity contribution in [3.8, 4) is 11.5 Å². The number of rotatable bonds is 8. The first-order valence-corrected chi connectivity index (χ1v) is 12.4. The summed E-state index contributed by atoms with van der Waals surface area (Å²) < 4.78 is 11.2. The first kappa shape index (κ1) is 22.9. The molecule has 0 spiro atoms. The molecule has 0 bridgehead atoms. The zero-order valence-corrected chi connectivity index (χ0v) is 20.3. The van der Waals surface area contributed by atoms with Gasteiger partial charge in [0.25, 0.3) is 5.91 Å². The standard InChI is InChI=1S/C27H26N4O3S/c1-33-25-12-21(7-8-24(25)34-16-23-17-35-18-30-23)27(32)29-14-19-6-9-26(28-13-19)31-11-10-20-4-2-3-5-22(20)15-31/h2-9,12-13,17-18H,10-11,14-16H2,1H3,(H,29,32). The smallest absolute Gasteiger partial charge is 0.251 e. The number of fused-ring (bicyclic) bond motifs is 1. The number of ether oxygens (including phenoxy) is 2. The van der Waals surface area contributed by atoms with Crippen LogP contribution in [0.15, 0.2) is 71.7 Å². The van der Waals surface area contributed by atoms with Crippen LogP contribution in [-0.4, -0.2) is 29.5 Å². The Hall–Kier alpha value is -3.91. The maximum absolute atomic E-state index is 12.7. The lowest BCUT2D eigenvalue weighted by Crippen LogP contribution is -2.31. The molecule has 2 aromatic carbocycles. The van der Waals surface area contributed by atoms with E-state index in [1.807, 2.05) is 23.7 Å². The lowest BCUT2D eigenvalue weighted by atomic mass is 10.00. The third kappa shape index (κ3) is 5.44. The van der Waals surface area contributed by atoms with Crippen molar-refractivity contribution >= 4 is 23.1 Å². The quantitative estimate of drug-likeness (QED) is 0.392. The van der Waals surface area contributed by atoms with E-state index in [4.69, 9.17) is 9.47 Å². The zero-order chi connectivity index (χ0) is 24.0. The Morgan fingerprint density at radius 3 is 2.74 bits per heavy atom. The van der Waals surface area contributed by atoms with Gasteiger partial charge in [0.2, 0.25) is 0 Å². The Bertz CT molecular complexity index is 1290. The Labute approximate surface area is 208 Å². The molecule has 1 amide bonds. The van der Waals surface area contributed by atoms with E-state index in [-0.39, 0.29) is 5.91 Å². The summed E-state index contributed by atoms with van der Waals surface area (Å²) in [7, 11) is 1.56. The molecule has 1 N–H and O–H groups in total. The fraction of sp³-hybridized carbons (Fsp3) is 0.222. The van der Waals surface area contributed by atoms with E-state index < -0.39 is 0 Å². The first-order chi connectivity index (χ1) is 17.2. The minimum atomic E-state index is -0.189. The van der Waals surface area contributed by atoms with Crippen LogP contribution in [0.25, 0.3) is 0 Å². The van der Waals surface area contributed by atoms with E-state index >= 15 is 0 Å². The summed E-state index contributed by atoms with van der Waals surface area (Å²) in [5.74, 6) is 1.83. The van der Waals surface area contributed by atoms with Gasteiger partial charge in [0, 0.05) is 36.8 Å². The molecule has 0 saturated heterocycles. The van der Waals surface area contributed by atoms with Gasteiger partial charge in [-0.3, -0.25) is 4.79 Å². The summed E-state index contributed by atoms with van der Waals surface area (Å²) in [5, 5.41) is 4.89. The number of methoxy groups -OCH3 is 1. The van der Waals surface area contributed by atoms with Gasteiger partial charge in [0.15, 0.2) is 11.5 Å². The second-order valence-electron chi connectivity index (χ2n) is 8.28. The molecule has 1 aliphatic rings. The van der Waals surface area contributed by atoms with Gasteiger partial charge >= 0.3 is 0 Å². The van der Waals surface area contributed by atoms with Crippen molar-refractivity contribution in [3.63, 3.8) is 0 Å². The molecule has 8 heteroatoms. The van der Waals surface area contributed by atoms with Crippen LogP contribution in [0.3, 0.4) is 0 Å². The van der Waals surface area contributed by atoms with Gasteiger partial charge < -0.3 is 19.7 Å². The summed E-state index contributed by atoms with van der Waals surface area (Å²) in [6, 6.07) is 17.7. The van der Waals surface area contributed by atoms with Crippen molar-refractivity contribution in [2.24, 2.45) is 0 Å². The number of carbonyl (C=O) groups excluding carboxylic acids is 1. The second-order valence-corrected chi connectivity index (χ2v) is 9.00. The largest absolute Gasteiger partial charge is 0.493 e. The molecule has 0 atom stereocenters. The third-order valence-corrected chi connectivity index (χ3v) is 6.64. The van der Waals surface area contributed by atoms with Gasteiger partial charge in [-0.2, -0.15) is 0 Å². The van der Waals surface area contributed by atoms with Crippen molar-refractivity contribution in [1.82, 2.24) is 15.3 Å². The summed E-state index contributed by atoms with van der Waals surface area (Å²) in [6.45, 7) is 2.55. The molecule has 4 aromatic rings. The highest BCUT2D eigenvalue weighted by molar-refractivity contribution is 7.07. The van der Waals surface area contributed by atoms with Crippen LogP contribution in [0, 0.1) is 0 Å². The average molecular weight is 487 g/mol. The molecule has 2 aromatic heterocycles. The van der Waals surface area contributed by atoms with E-state index in [1.165, 1.54) is 22.5 Å². The second kappa shape index (κ2) is 10.6. The summed E-state index contributed by atoms with van der Waals surface area (Å²) >= 11 is 1.52. The molecule has 0 fully saturated rings. The number of hydrogen-bond acceptors (Lipinski definition) is 7. The number of pyridine rings is 1. The molecule has 0 aliphatic carbocycles. The van der Waals surface area contributed by atoms with Crippen molar-refractivity contribution in [2.75, 3.05) is 18.6 Å². The molecule has 5 rings (SSSR count). The van der Waals surface area contributed by atoms with Gasteiger partial charge in [0.1, 0.15) is 12.4 Å². The molecule has 3 heterocycles. The fourth-order valence-electron chi connectivity index (χ4n) is 4.07. The lowest BCUT2D eigenvalue weighted by Gasteiger charge is -2.29. The summed E-state index contributed by atoms with van der Waals surface area (Å²) in [5.41, 5.74) is 6.82. The fourth-order valence-corrected chi connectivity index (χ4v) is 4.62. The molecule has 178 valence electrons. The van der Waals surface area contributed by atoms with E-state index in [9.17, 15) is 4.79 Å².